The molecule has 0 amide bonds. The fourth-order valence-corrected chi connectivity index (χ4v) is 1.45. The number of aromatic hydroxyl groups is 1. The van der Waals surface area contributed by atoms with Gasteiger partial charge in [-0.05, 0) is 40.3 Å². The fraction of sp³-hybridized carbons (Fsp3) is 0.143. The first-order valence-corrected chi connectivity index (χ1v) is 4.76. The molecule has 1 rings (SSSR count). The average molecular weight is 333 g/mol. The van der Waals surface area contributed by atoms with Crippen LogP contribution in [0.15, 0.2) is 6.07 Å². The van der Waals surface area contributed by atoms with E-state index in [4.69, 9.17) is 16.7 Å². The van der Waals surface area contributed by atoms with Gasteiger partial charge in [-0.3, -0.25) is 4.79 Å². The Bertz CT molecular complexity index is 386. The minimum atomic E-state index is -2.94. The van der Waals surface area contributed by atoms with Crippen LogP contribution in [0.25, 0.3) is 0 Å². The first kappa shape index (κ1) is 11.6. The lowest BCUT2D eigenvalue weighted by Gasteiger charge is -2.05. The molecule has 0 aliphatic rings. The Hall–Kier alpha value is -0.500. The van der Waals surface area contributed by atoms with Gasteiger partial charge in [0.2, 0.25) is 0 Å². The molecule has 0 radical (unpaired) electrons. The molecular formula is C7H3ClF2INO2. The van der Waals surface area contributed by atoms with Gasteiger partial charge in [-0.15, -0.1) is 0 Å². The van der Waals surface area contributed by atoms with Crippen LogP contribution in [-0.4, -0.2) is 15.3 Å². The number of aromatic nitrogens is 1. The van der Waals surface area contributed by atoms with Crippen LogP contribution in [0.1, 0.15) is 22.6 Å². The standard InChI is InChI=1S/C7H3ClF2INO2/c8-6(14)3-1-2(11)5(13)4(12-3)7(9)10/h1,7,13H. The van der Waals surface area contributed by atoms with Crippen LogP contribution >= 0.6 is 34.2 Å². The van der Waals surface area contributed by atoms with Crippen molar-refractivity contribution in [1.82, 2.24) is 4.98 Å². The van der Waals surface area contributed by atoms with Gasteiger partial charge in [-0.2, -0.15) is 0 Å². The number of carbonyl (C=O) groups is 1. The molecule has 3 nitrogen and oxygen atoms in total. The fourth-order valence-electron chi connectivity index (χ4n) is 0.779. The van der Waals surface area contributed by atoms with Crippen LogP contribution in [0.3, 0.4) is 0 Å². The lowest BCUT2D eigenvalue weighted by Crippen LogP contribution is -2.01. The van der Waals surface area contributed by atoms with Gasteiger partial charge >= 0.3 is 0 Å². The number of pyridine rings is 1. The van der Waals surface area contributed by atoms with Crippen molar-refractivity contribution in [3.8, 4) is 5.75 Å². The molecule has 0 atom stereocenters. The third-order valence-electron chi connectivity index (χ3n) is 1.38. The highest BCUT2D eigenvalue weighted by atomic mass is 127. The number of nitrogens with zero attached hydrogens (tertiary/aromatic N) is 1. The minimum Gasteiger partial charge on any atom is -0.505 e. The second-order valence-corrected chi connectivity index (χ2v) is 3.80. The van der Waals surface area contributed by atoms with Crippen molar-refractivity contribution in [3.63, 3.8) is 0 Å². The number of hydrogen-bond acceptors (Lipinski definition) is 3. The predicted molar refractivity (Wildman–Crippen MR) is 53.8 cm³/mol. The molecule has 14 heavy (non-hydrogen) atoms. The van der Waals surface area contributed by atoms with E-state index >= 15 is 0 Å². The van der Waals surface area contributed by atoms with Gasteiger partial charge in [0.1, 0.15) is 11.4 Å². The van der Waals surface area contributed by atoms with Crippen LogP contribution < -0.4 is 0 Å². The molecule has 1 heterocycles. The van der Waals surface area contributed by atoms with Gasteiger partial charge in [0.25, 0.3) is 11.7 Å². The molecule has 0 aliphatic carbocycles. The molecule has 1 aromatic heterocycles. The van der Waals surface area contributed by atoms with Crippen LogP contribution in [0.2, 0.25) is 0 Å². The molecule has 0 unspecified atom stereocenters. The molecule has 1 N–H and O–H groups in total. The van der Waals surface area contributed by atoms with Crippen LogP contribution in [0.4, 0.5) is 8.78 Å². The van der Waals surface area contributed by atoms with Gasteiger partial charge in [0, 0.05) is 0 Å². The lowest BCUT2D eigenvalue weighted by atomic mass is 10.3. The molecule has 7 heteroatoms. The Morgan fingerprint density at radius 2 is 2.21 bits per heavy atom. The van der Waals surface area contributed by atoms with E-state index in [9.17, 15) is 13.6 Å². The summed E-state index contributed by atoms with van der Waals surface area (Å²) in [5, 5.41) is 8.23. The molecular weight excluding hydrogens is 330 g/mol. The van der Waals surface area contributed by atoms with Crippen molar-refractivity contribution in [1.29, 1.82) is 0 Å². The van der Waals surface area contributed by atoms with Gasteiger partial charge in [-0.25, -0.2) is 13.8 Å². The third-order valence-corrected chi connectivity index (χ3v) is 2.40. The zero-order valence-electron chi connectivity index (χ0n) is 6.47. The molecule has 0 bridgehead atoms. The summed E-state index contributed by atoms with van der Waals surface area (Å²) in [4.78, 5) is 13.9. The molecule has 0 spiro atoms. The normalized spacial score (nSPS) is 10.6. The highest BCUT2D eigenvalue weighted by Crippen LogP contribution is 2.31. The Balaban J connectivity index is 3.35. The molecule has 0 fully saturated rings. The van der Waals surface area contributed by atoms with E-state index in [0.717, 1.165) is 6.07 Å². The van der Waals surface area contributed by atoms with Crippen molar-refractivity contribution < 1.29 is 18.7 Å². The van der Waals surface area contributed by atoms with E-state index in [0.29, 0.717) is 0 Å². The highest BCUT2D eigenvalue weighted by molar-refractivity contribution is 14.1. The molecule has 0 aliphatic heterocycles. The third kappa shape index (κ3) is 2.30. The topological polar surface area (TPSA) is 50.2 Å². The van der Waals surface area contributed by atoms with Crippen LogP contribution in [-0.2, 0) is 0 Å². The van der Waals surface area contributed by atoms with Crippen molar-refractivity contribution in [2.45, 2.75) is 6.43 Å². The largest absolute Gasteiger partial charge is 0.505 e. The van der Waals surface area contributed by atoms with E-state index in [1.807, 2.05) is 0 Å². The van der Waals surface area contributed by atoms with Crippen molar-refractivity contribution in [2.75, 3.05) is 0 Å². The van der Waals surface area contributed by atoms with E-state index in [2.05, 4.69) is 4.98 Å². The Labute approximate surface area is 96.2 Å². The van der Waals surface area contributed by atoms with Gasteiger partial charge < -0.3 is 5.11 Å². The molecule has 0 saturated carbocycles. The Kier molecular flexibility index (Phi) is 3.59. The van der Waals surface area contributed by atoms with Crippen molar-refractivity contribution in [3.05, 3.63) is 21.0 Å². The van der Waals surface area contributed by atoms with Crippen molar-refractivity contribution >= 4 is 39.4 Å². The first-order valence-electron chi connectivity index (χ1n) is 3.31. The van der Waals surface area contributed by atoms with E-state index in [1.165, 1.54) is 0 Å². The predicted octanol–water partition coefficient (Wildman–Crippen LogP) is 2.71. The summed E-state index contributed by atoms with van der Waals surface area (Å²) < 4.78 is 24.7. The maximum Gasteiger partial charge on any atom is 0.284 e. The molecule has 0 aromatic carbocycles. The van der Waals surface area contributed by atoms with Crippen molar-refractivity contribution in [2.24, 2.45) is 0 Å². The van der Waals surface area contributed by atoms with Crippen LogP contribution in [0, 0.1) is 3.57 Å². The minimum absolute atomic E-state index is 0.108. The zero-order valence-corrected chi connectivity index (χ0v) is 9.38. The Morgan fingerprint density at radius 1 is 1.64 bits per heavy atom. The van der Waals surface area contributed by atoms with E-state index in [-0.39, 0.29) is 9.26 Å². The average Bonchev–Trinajstić information content (AvgIpc) is 2.08. The first-order chi connectivity index (χ1) is 6.43. The summed E-state index contributed by atoms with van der Waals surface area (Å²) in [5.74, 6) is -0.623. The summed E-state index contributed by atoms with van der Waals surface area (Å²) in [7, 11) is 0. The maximum atomic E-state index is 12.3. The monoisotopic (exact) mass is 333 g/mol. The summed E-state index contributed by atoms with van der Waals surface area (Å²) in [6.07, 6.45) is -2.94. The second-order valence-electron chi connectivity index (χ2n) is 2.30. The molecule has 76 valence electrons. The van der Waals surface area contributed by atoms with Gasteiger partial charge in [-0.1, -0.05) is 0 Å². The summed E-state index contributed by atoms with van der Waals surface area (Å²) in [6, 6.07) is 1.14. The number of carbonyl (C=O) groups excluding carboxylic acids is 1. The number of alkyl halides is 2. The lowest BCUT2D eigenvalue weighted by molar-refractivity contribution is 0.107. The van der Waals surface area contributed by atoms with E-state index < -0.39 is 23.1 Å². The number of hydrogen-bond donors (Lipinski definition) is 1. The highest BCUT2D eigenvalue weighted by Gasteiger charge is 2.20. The second kappa shape index (κ2) is 4.35. The summed E-state index contributed by atoms with van der Waals surface area (Å²) >= 11 is 6.68. The van der Waals surface area contributed by atoms with Gasteiger partial charge in [0.15, 0.2) is 5.75 Å². The zero-order chi connectivity index (χ0) is 10.9. The summed E-state index contributed by atoms with van der Waals surface area (Å²) in [5.41, 5.74) is -1.13. The SMILES string of the molecule is O=C(Cl)c1cc(I)c(O)c(C(F)F)n1. The van der Waals surface area contributed by atoms with E-state index in [1.54, 1.807) is 22.6 Å². The molecule has 1 aromatic rings. The maximum absolute atomic E-state index is 12.3. The van der Waals surface area contributed by atoms with Gasteiger partial charge in [0.05, 0.1) is 3.57 Å². The van der Waals surface area contributed by atoms with Crippen LogP contribution in [0.5, 0.6) is 5.75 Å². The smallest absolute Gasteiger partial charge is 0.284 e. The molecule has 0 saturated heterocycles. The number of rotatable bonds is 2. The summed E-state index contributed by atoms with van der Waals surface area (Å²) in [6.45, 7) is 0. The number of halogens is 4. The Morgan fingerprint density at radius 3 is 2.64 bits per heavy atom. The quantitative estimate of drug-likeness (QED) is 0.669.